The first-order valence-corrected chi connectivity index (χ1v) is 8.74. The zero-order chi connectivity index (χ0) is 16.2. The predicted molar refractivity (Wildman–Crippen MR) is 87.9 cm³/mol. The molecule has 3 fully saturated rings. The van der Waals surface area contributed by atoms with Crippen molar-refractivity contribution in [2.45, 2.75) is 62.5 Å². The molecule has 2 heterocycles. The third-order valence-electron chi connectivity index (χ3n) is 4.70. The van der Waals surface area contributed by atoms with Gasteiger partial charge in [-0.05, 0) is 25.1 Å². The van der Waals surface area contributed by atoms with E-state index in [-0.39, 0.29) is 31.0 Å². The Balaban J connectivity index is 1.45. The second kappa shape index (κ2) is 7.74. The molecule has 3 aliphatic rings. The Kier molecular flexibility index (Phi) is 5.68. The van der Waals surface area contributed by atoms with Crippen molar-refractivity contribution < 1.29 is 19.0 Å². The van der Waals surface area contributed by atoms with E-state index in [0.29, 0.717) is 24.4 Å². The number of primary amides is 1. The van der Waals surface area contributed by atoms with Crippen LogP contribution in [0, 0.1) is 0 Å². The van der Waals surface area contributed by atoms with E-state index in [1.165, 1.54) is 32.1 Å². The number of fused-ring (bicyclic) bond motifs is 1. The number of rotatable bonds is 5. The van der Waals surface area contributed by atoms with Gasteiger partial charge in [0.1, 0.15) is 24.9 Å². The van der Waals surface area contributed by atoms with E-state index in [1.807, 2.05) is 0 Å². The normalized spacial score (nSPS) is 34.1. The molecule has 4 atom stereocenters. The van der Waals surface area contributed by atoms with Crippen LogP contribution in [0.3, 0.4) is 0 Å². The van der Waals surface area contributed by atoms with Gasteiger partial charge in [-0.1, -0.05) is 19.3 Å². The zero-order valence-corrected chi connectivity index (χ0v) is 14.0. The highest BCUT2D eigenvalue weighted by Gasteiger charge is 2.48. The molecule has 0 bridgehead atoms. The van der Waals surface area contributed by atoms with Crippen LogP contribution in [-0.4, -0.2) is 61.2 Å². The van der Waals surface area contributed by atoms with Crippen molar-refractivity contribution >= 4 is 23.2 Å². The SMILES string of the molecule is NC(=O)CO[C@@H]1CO[C@H]2[C@@H]1OC[C@@H]2NC(=S)NC1CCCCC1. The fraction of sp³-hybridized carbons (Fsp3) is 0.867. The van der Waals surface area contributed by atoms with Crippen molar-refractivity contribution in [1.29, 1.82) is 0 Å². The fourth-order valence-electron chi connectivity index (χ4n) is 3.56. The van der Waals surface area contributed by atoms with Gasteiger partial charge in [0.15, 0.2) is 5.11 Å². The van der Waals surface area contributed by atoms with Gasteiger partial charge in [0.05, 0.1) is 19.3 Å². The van der Waals surface area contributed by atoms with Crippen molar-refractivity contribution in [3.63, 3.8) is 0 Å². The molecule has 1 aliphatic carbocycles. The average Bonchev–Trinajstić information content (AvgIpc) is 3.09. The monoisotopic (exact) mass is 343 g/mol. The summed E-state index contributed by atoms with van der Waals surface area (Å²) >= 11 is 5.42. The maximum absolute atomic E-state index is 10.8. The fourth-order valence-corrected chi connectivity index (χ4v) is 3.88. The van der Waals surface area contributed by atoms with E-state index in [4.69, 9.17) is 32.2 Å². The van der Waals surface area contributed by atoms with Crippen molar-refractivity contribution in [3.8, 4) is 0 Å². The first-order chi connectivity index (χ1) is 11.1. The molecule has 0 aromatic heterocycles. The molecule has 8 heteroatoms. The molecular weight excluding hydrogens is 318 g/mol. The molecule has 2 aliphatic heterocycles. The molecule has 7 nitrogen and oxygen atoms in total. The number of ether oxygens (including phenoxy) is 3. The molecule has 2 saturated heterocycles. The summed E-state index contributed by atoms with van der Waals surface area (Å²) in [6, 6.07) is 0.476. The average molecular weight is 343 g/mol. The third-order valence-corrected chi connectivity index (χ3v) is 4.94. The Hall–Kier alpha value is -0.960. The maximum atomic E-state index is 10.8. The molecular formula is C15H25N3O4S. The molecule has 0 aromatic rings. The summed E-state index contributed by atoms with van der Waals surface area (Å²) < 4.78 is 17.0. The van der Waals surface area contributed by atoms with Crippen LogP contribution < -0.4 is 16.4 Å². The van der Waals surface area contributed by atoms with Gasteiger partial charge in [-0.25, -0.2) is 0 Å². The number of nitrogens with one attached hydrogen (secondary N) is 2. The number of amides is 1. The number of carbonyl (C=O) groups excluding carboxylic acids is 1. The van der Waals surface area contributed by atoms with Crippen molar-refractivity contribution in [2.24, 2.45) is 5.73 Å². The minimum absolute atomic E-state index is 0.00534. The van der Waals surface area contributed by atoms with Gasteiger partial charge in [0.2, 0.25) is 5.91 Å². The Morgan fingerprint density at radius 1 is 1.13 bits per heavy atom. The van der Waals surface area contributed by atoms with E-state index < -0.39 is 5.91 Å². The Bertz CT molecular complexity index is 444. The summed E-state index contributed by atoms with van der Waals surface area (Å²) in [7, 11) is 0. The molecule has 4 N–H and O–H groups in total. The van der Waals surface area contributed by atoms with Crippen molar-refractivity contribution in [2.75, 3.05) is 19.8 Å². The number of thiocarbonyl (C=S) groups is 1. The largest absolute Gasteiger partial charge is 0.370 e. The van der Waals surface area contributed by atoms with Crippen LogP contribution in [0.4, 0.5) is 0 Å². The van der Waals surface area contributed by atoms with Crippen LogP contribution >= 0.6 is 12.2 Å². The van der Waals surface area contributed by atoms with Gasteiger partial charge in [0.25, 0.3) is 0 Å². The van der Waals surface area contributed by atoms with Crippen molar-refractivity contribution in [3.05, 3.63) is 0 Å². The molecule has 0 aromatic carbocycles. The lowest BCUT2D eigenvalue weighted by atomic mass is 9.96. The van der Waals surface area contributed by atoms with Crippen LogP contribution in [0.15, 0.2) is 0 Å². The second-order valence-electron chi connectivity index (χ2n) is 6.47. The quantitative estimate of drug-likeness (QED) is 0.596. The molecule has 0 spiro atoms. The maximum Gasteiger partial charge on any atom is 0.243 e. The summed E-state index contributed by atoms with van der Waals surface area (Å²) in [6.07, 6.45) is 5.66. The molecule has 0 radical (unpaired) electrons. The Labute approximate surface area is 141 Å². The highest BCUT2D eigenvalue weighted by molar-refractivity contribution is 7.80. The number of hydrogen-bond donors (Lipinski definition) is 3. The van der Waals surface area contributed by atoms with Gasteiger partial charge >= 0.3 is 0 Å². The smallest absolute Gasteiger partial charge is 0.243 e. The number of hydrogen-bond acceptors (Lipinski definition) is 5. The van der Waals surface area contributed by atoms with Crippen LogP contribution in [0.5, 0.6) is 0 Å². The summed E-state index contributed by atoms with van der Waals surface area (Å²) in [4.78, 5) is 10.8. The van der Waals surface area contributed by atoms with Gasteiger partial charge in [-0.15, -0.1) is 0 Å². The Morgan fingerprint density at radius 2 is 1.87 bits per heavy atom. The molecule has 130 valence electrons. The minimum Gasteiger partial charge on any atom is -0.370 e. The highest BCUT2D eigenvalue weighted by Crippen LogP contribution is 2.29. The Morgan fingerprint density at radius 3 is 2.61 bits per heavy atom. The lowest BCUT2D eigenvalue weighted by molar-refractivity contribution is -0.126. The van der Waals surface area contributed by atoms with Crippen molar-refractivity contribution in [1.82, 2.24) is 10.6 Å². The first kappa shape index (κ1) is 16.9. The topological polar surface area (TPSA) is 94.8 Å². The predicted octanol–water partition coefficient (Wildman–Crippen LogP) is -0.180. The highest BCUT2D eigenvalue weighted by atomic mass is 32.1. The van der Waals surface area contributed by atoms with E-state index in [9.17, 15) is 4.79 Å². The number of nitrogens with two attached hydrogens (primary N) is 1. The van der Waals surface area contributed by atoms with E-state index in [2.05, 4.69) is 10.6 Å². The molecule has 23 heavy (non-hydrogen) atoms. The second-order valence-corrected chi connectivity index (χ2v) is 6.88. The summed E-state index contributed by atoms with van der Waals surface area (Å²) in [6.45, 7) is 0.808. The van der Waals surface area contributed by atoms with Crippen LogP contribution in [0.2, 0.25) is 0 Å². The lowest BCUT2D eigenvalue weighted by Crippen LogP contribution is -2.50. The van der Waals surface area contributed by atoms with Gasteiger partial charge in [-0.2, -0.15) is 0 Å². The van der Waals surface area contributed by atoms with Crippen LogP contribution in [-0.2, 0) is 19.0 Å². The first-order valence-electron chi connectivity index (χ1n) is 8.33. The van der Waals surface area contributed by atoms with Gasteiger partial charge < -0.3 is 30.6 Å². The third kappa shape index (κ3) is 4.32. The van der Waals surface area contributed by atoms with E-state index >= 15 is 0 Å². The molecule has 1 amide bonds. The van der Waals surface area contributed by atoms with E-state index in [0.717, 1.165) is 0 Å². The lowest BCUT2D eigenvalue weighted by Gasteiger charge is -2.26. The van der Waals surface area contributed by atoms with Crippen LogP contribution in [0.1, 0.15) is 32.1 Å². The summed E-state index contributed by atoms with van der Waals surface area (Å²) in [5.41, 5.74) is 5.11. The molecule has 0 unspecified atom stereocenters. The standard InChI is InChI=1S/C15H25N3O4S/c16-12(19)8-20-11-7-22-13-10(6-21-14(11)13)18-15(23)17-9-4-2-1-3-5-9/h9-11,13-14H,1-8H2,(H2,16,19)(H2,17,18,23)/t10-,11+,13+,14+/m0/s1. The van der Waals surface area contributed by atoms with E-state index in [1.54, 1.807) is 0 Å². The summed E-state index contributed by atoms with van der Waals surface area (Å²) in [5, 5.41) is 7.36. The molecule has 3 rings (SSSR count). The van der Waals surface area contributed by atoms with Gasteiger partial charge in [-0.3, -0.25) is 4.79 Å². The van der Waals surface area contributed by atoms with Gasteiger partial charge in [0, 0.05) is 6.04 Å². The number of carbonyl (C=O) groups is 1. The molecule has 1 saturated carbocycles. The summed E-state index contributed by atoms with van der Waals surface area (Å²) in [5.74, 6) is -0.487. The minimum atomic E-state index is -0.487. The van der Waals surface area contributed by atoms with Crippen LogP contribution in [0.25, 0.3) is 0 Å². The zero-order valence-electron chi connectivity index (χ0n) is 13.2.